The monoisotopic (exact) mass is 300 g/mol. The molecule has 7 atom stereocenters. The van der Waals surface area contributed by atoms with Crippen molar-refractivity contribution in [3.63, 3.8) is 0 Å². The molecule has 4 saturated carbocycles. The number of allylic oxidation sites excluding steroid dienone is 1. The van der Waals surface area contributed by atoms with Crippen LogP contribution in [0.2, 0.25) is 0 Å². The first-order valence-electron chi connectivity index (χ1n) is 9.74. The van der Waals surface area contributed by atoms with Gasteiger partial charge in [-0.1, -0.05) is 25.8 Å². The zero-order valence-electron chi connectivity index (χ0n) is 14.2. The Morgan fingerprint density at radius 3 is 2.59 bits per heavy atom. The van der Waals surface area contributed by atoms with Crippen molar-refractivity contribution in [1.82, 2.24) is 0 Å². The van der Waals surface area contributed by atoms with E-state index in [4.69, 9.17) is 0 Å². The Morgan fingerprint density at radius 1 is 0.955 bits per heavy atom. The summed E-state index contributed by atoms with van der Waals surface area (Å²) in [6.07, 6.45) is 16.9. The molecule has 1 unspecified atom stereocenters. The zero-order valence-corrected chi connectivity index (χ0v) is 14.2. The van der Waals surface area contributed by atoms with Gasteiger partial charge in [-0.3, -0.25) is 0 Å². The summed E-state index contributed by atoms with van der Waals surface area (Å²) >= 11 is 0. The summed E-state index contributed by atoms with van der Waals surface area (Å²) in [5, 5.41) is 0. The van der Waals surface area contributed by atoms with Gasteiger partial charge in [-0.2, -0.15) is 0 Å². The Bertz CT molecular complexity index is 469. The van der Waals surface area contributed by atoms with Gasteiger partial charge in [0, 0.05) is 5.41 Å². The summed E-state index contributed by atoms with van der Waals surface area (Å²) in [6, 6.07) is 0. The van der Waals surface area contributed by atoms with Crippen molar-refractivity contribution < 1.29 is 4.79 Å². The number of carbonyl (C=O) groups is 1. The topological polar surface area (TPSA) is 17.1 Å². The predicted octanol–water partition coefficient (Wildman–Crippen LogP) is 5.40. The van der Waals surface area contributed by atoms with E-state index in [1.165, 1.54) is 70.5 Å². The lowest BCUT2D eigenvalue weighted by Crippen LogP contribution is -2.54. The molecule has 0 aromatic carbocycles. The highest BCUT2D eigenvalue weighted by atomic mass is 16.1. The van der Waals surface area contributed by atoms with E-state index in [2.05, 4.69) is 19.6 Å². The maximum Gasteiger partial charge on any atom is 0.126 e. The minimum absolute atomic E-state index is 0.0642. The van der Waals surface area contributed by atoms with E-state index < -0.39 is 0 Å². The number of hydrogen-bond acceptors (Lipinski definition) is 1. The average Bonchev–Trinajstić information content (AvgIpc) is 2.90. The summed E-state index contributed by atoms with van der Waals surface area (Å²) in [5.74, 6) is 3.80. The second-order valence-electron chi connectivity index (χ2n) is 9.09. The maximum absolute atomic E-state index is 12.2. The van der Waals surface area contributed by atoms with Crippen LogP contribution in [-0.2, 0) is 4.79 Å². The normalized spacial score (nSPS) is 54.0. The Morgan fingerprint density at radius 2 is 1.82 bits per heavy atom. The summed E-state index contributed by atoms with van der Waals surface area (Å²) in [5.41, 5.74) is 0.545. The molecule has 0 spiro atoms. The molecule has 0 radical (unpaired) electrons. The molecular weight excluding hydrogens is 268 g/mol. The highest BCUT2D eigenvalue weighted by Gasteiger charge is 2.60. The molecule has 122 valence electrons. The van der Waals surface area contributed by atoms with E-state index in [0.717, 1.165) is 17.8 Å². The van der Waals surface area contributed by atoms with Crippen LogP contribution in [0.4, 0.5) is 0 Å². The van der Waals surface area contributed by atoms with Gasteiger partial charge in [0.1, 0.15) is 6.29 Å². The highest BCUT2D eigenvalue weighted by molar-refractivity contribution is 5.61. The summed E-state index contributed by atoms with van der Waals surface area (Å²) < 4.78 is 0. The van der Waals surface area contributed by atoms with Crippen molar-refractivity contribution in [3.8, 4) is 0 Å². The third-order valence-electron chi connectivity index (χ3n) is 8.73. The van der Waals surface area contributed by atoms with Crippen LogP contribution in [0.3, 0.4) is 0 Å². The lowest BCUT2D eigenvalue weighted by atomic mass is 9.44. The number of fused-ring (bicyclic) bond motifs is 5. The fourth-order valence-corrected chi connectivity index (χ4v) is 7.62. The van der Waals surface area contributed by atoms with Crippen LogP contribution in [0, 0.1) is 40.4 Å². The quantitative estimate of drug-likeness (QED) is 0.493. The van der Waals surface area contributed by atoms with Gasteiger partial charge in [0.15, 0.2) is 0 Å². The fraction of sp³-hybridized carbons (Fsp3) is 0.857. The standard InChI is InChI=1S/C21H32O/c1-3-15-8-10-18-17-9-7-16-6-4-5-12-21(16,14-22)19(17)11-13-20(15,18)2/h3,14-19H,1,4-13H2,2H3/t15-,16?,17-,18-,19-,20+,21+/m0/s1. The van der Waals surface area contributed by atoms with Crippen LogP contribution in [0.1, 0.15) is 71.1 Å². The minimum Gasteiger partial charge on any atom is -0.303 e. The van der Waals surface area contributed by atoms with Crippen molar-refractivity contribution in [2.75, 3.05) is 0 Å². The van der Waals surface area contributed by atoms with Gasteiger partial charge >= 0.3 is 0 Å². The summed E-state index contributed by atoms with van der Waals surface area (Å²) in [6.45, 7) is 6.66. The SMILES string of the molecule is C=C[C@H]1CC[C@H]2[C@@H]3CCC4CCCC[C@]4(C=O)[C@H]3CC[C@]12C. The van der Waals surface area contributed by atoms with Gasteiger partial charge in [-0.15, -0.1) is 6.58 Å². The van der Waals surface area contributed by atoms with Crippen molar-refractivity contribution in [1.29, 1.82) is 0 Å². The molecule has 0 aromatic heterocycles. The van der Waals surface area contributed by atoms with Crippen LogP contribution in [0.15, 0.2) is 12.7 Å². The molecule has 0 bridgehead atoms. The molecule has 1 nitrogen and oxygen atoms in total. The van der Waals surface area contributed by atoms with Gasteiger partial charge in [-0.25, -0.2) is 0 Å². The Hall–Kier alpha value is -0.590. The van der Waals surface area contributed by atoms with Crippen molar-refractivity contribution in [3.05, 3.63) is 12.7 Å². The highest BCUT2D eigenvalue weighted by Crippen LogP contribution is 2.67. The molecule has 4 rings (SSSR count). The molecular formula is C21H32O. The number of hydrogen-bond donors (Lipinski definition) is 0. The lowest BCUT2D eigenvalue weighted by molar-refractivity contribution is -0.146. The second-order valence-corrected chi connectivity index (χ2v) is 9.09. The summed E-state index contributed by atoms with van der Waals surface area (Å²) in [7, 11) is 0. The molecule has 22 heavy (non-hydrogen) atoms. The molecule has 0 amide bonds. The molecule has 0 aromatic rings. The van der Waals surface area contributed by atoms with Crippen molar-refractivity contribution in [2.24, 2.45) is 40.4 Å². The fourth-order valence-electron chi connectivity index (χ4n) is 7.62. The average molecular weight is 300 g/mol. The number of rotatable bonds is 2. The van der Waals surface area contributed by atoms with E-state index >= 15 is 0 Å². The number of aldehydes is 1. The van der Waals surface area contributed by atoms with E-state index in [-0.39, 0.29) is 5.41 Å². The van der Waals surface area contributed by atoms with Crippen molar-refractivity contribution >= 4 is 6.29 Å². The van der Waals surface area contributed by atoms with Crippen LogP contribution in [-0.4, -0.2) is 6.29 Å². The van der Waals surface area contributed by atoms with Crippen LogP contribution >= 0.6 is 0 Å². The third-order valence-corrected chi connectivity index (χ3v) is 8.73. The lowest BCUT2D eigenvalue weighted by Gasteiger charge is -2.59. The minimum atomic E-state index is 0.0642. The van der Waals surface area contributed by atoms with Gasteiger partial charge < -0.3 is 4.79 Å². The Kier molecular flexibility index (Phi) is 3.55. The van der Waals surface area contributed by atoms with E-state index in [0.29, 0.717) is 17.3 Å². The predicted molar refractivity (Wildman–Crippen MR) is 90.4 cm³/mol. The van der Waals surface area contributed by atoms with Gasteiger partial charge in [0.05, 0.1) is 0 Å². The van der Waals surface area contributed by atoms with Gasteiger partial charge in [0.2, 0.25) is 0 Å². The largest absolute Gasteiger partial charge is 0.303 e. The Labute approximate surface area is 135 Å². The van der Waals surface area contributed by atoms with Gasteiger partial charge in [0.25, 0.3) is 0 Å². The molecule has 1 heteroatoms. The molecule has 0 saturated heterocycles. The number of carbonyl (C=O) groups excluding carboxylic acids is 1. The first-order valence-corrected chi connectivity index (χ1v) is 9.74. The third kappa shape index (κ3) is 1.80. The molecule has 4 aliphatic rings. The summed E-state index contributed by atoms with van der Waals surface area (Å²) in [4.78, 5) is 12.2. The van der Waals surface area contributed by atoms with Crippen molar-refractivity contribution in [2.45, 2.75) is 71.1 Å². The van der Waals surface area contributed by atoms with Crippen LogP contribution in [0.25, 0.3) is 0 Å². The smallest absolute Gasteiger partial charge is 0.126 e. The molecule has 0 heterocycles. The molecule has 4 aliphatic carbocycles. The van der Waals surface area contributed by atoms with Crippen LogP contribution in [0.5, 0.6) is 0 Å². The van der Waals surface area contributed by atoms with E-state index in [1.54, 1.807) is 0 Å². The molecule has 0 N–H and O–H groups in total. The maximum atomic E-state index is 12.2. The van der Waals surface area contributed by atoms with E-state index in [9.17, 15) is 4.79 Å². The first-order chi connectivity index (χ1) is 10.7. The zero-order chi connectivity index (χ0) is 15.4. The molecule has 0 aliphatic heterocycles. The van der Waals surface area contributed by atoms with Crippen LogP contribution < -0.4 is 0 Å². The second kappa shape index (κ2) is 5.21. The van der Waals surface area contributed by atoms with Gasteiger partial charge in [-0.05, 0) is 86.4 Å². The first kappa shape index (κ1) is 15.0. The Balaban J connectivity index is 1.67. The molecule has 4 fully saturated rings. The van der Waals surface area contributed by atoms with E-state index in [1.807, 2.05) is 0 Å².